The third-order valence-corrected chi connectivity index (χ3v) is 7.80. The van der Waals surface area contributed by atoms with Gasteiger partial charge < -0.3 is 9.80 Å². The summed E-state index contributed by atoms with van der Waals surface area (Å²) in [7, 11) is 0. The molecular formula is C31H43FN6. The summed E-state index contributed by atoms with van der Waals surface area (Å²) in [5.41, 5.74) is 6.86. The van der Waals surface area contributed by atoms with E-state index < -0.39 is 0 Å². The maximum absolute atomic E-state index is 15.5. The van der Waals surface area contributed by atoms with Crippen LogP contribution in [0.2, 0.25) is 0 Å². The number of anilines is 1. The third-order valence-electron chi connectivity index (χ3n) is 7.80. The number of allylic oxidation sites excluding steroid dienone is 1. The van der Waals surface area contributed by atoms with Gasteiger partial charge in [0.15, 0.2) is 0 Å². The van der Waals surface area contributed by atoms with Gasteiger partial charge in [0.1, 0.15) is 5.82 Å². The first kappa shape index (κ1) is 28.0. The molecule has 204 valence electrons. The van der Waals surface area contributed by atoms with E-state index in [0.717, 1.165) is 92.1 Å². The van der Waals surface area contributed by atoms with Crippen molar-refractivity contribution in [2.75, 3.05) is 37.6 Å². The highest BCUT2D eigenvalue weighted by Crippen LogP contribution is 2.33. The number of benzene rings is 1. The van der Waals surface area contributed by atoms with Crippen molar-refractivity contribution in [1.82, 2.24) is 24.6 Å². The Kier molecular flexibility index (Phi) is 9.31. The minimum absolute atomic E-state index is 0.194. The number of hydrogen-bond acceptors (Lipinski definition) is 5. The molecule has 6 nitrogen and oxygen atoms in total. The highest BCUT2D eigenvalue weighted by molar-refractivity contribution is 5.79. The first-order valence-electron chi connectivity index (χ1n) is 14.3. The van der Waals surface area contributed by atoms with Gasteiger partial charge in [-0.1, -0.05) is 26.8 Å². The van der Waals surface area contributed by atoms with Gasteiger partial charge >= 0.3 is 0 Å². The van der Waals surface area contributed by atoms with Gasteiger partial charge in [-0.3, -0.25) is 9.67 Å². The zero-order valence-corrected chi connectivity index (χ0v) is 24.0. The second kappa shape index (κ2) is 12.7. The van der Waals surface area contributed by atoms with Crippen molar-refractivity contribution in [3.8, 4) is 11.3 Å². The molecule has 0 atom stereocenters. The Hall–Kier alpha value is -3.06. The van der Waals surface area contributed by atoms with E-state index in [1.54, 1.807) is 12.3 Å². The Morgan fingerprint density at radius 1 is 1.13 bits per heavy atom. The maximum atomic E-state index is 15.5. The second-order valence-electron chi connectivity index (χ2n) is 10.2. The summed E-state index contributed by atoms with van der Waals surface area (Å²) >= 11 is 0. The van der Waals surface area contributed by atoms with Crippen LogP contribution in [-0.4, -0.2) is 57.4 Å². The minimum atomic E-state index is -0.194. The van der Waals surface area contributed by atoms with Gasteiger partial charge in [-0.25, -0.2) is 9.37 Å². The van der Waals surface area contributed by atoms with Crippen molar-refractivity contribution in [2.45, 2.75) is 73.3 Å². The molecule has 0 spiro atoms. The fourth-order valence-electron chi connectivity index (χ4n) is 5.59. The first-order valence-corrected chi connectivity index (χ1v) is 14.3. The molecule has 0 saturated carbocycles. The lowest BCUT2D eigenvalue weighted by Gasteiger charge is -2.31. The Labute approximate surface area is 227 Å². The molecule has 1 aromatic carbocycles. The molecule has 1 fully saturated rings. The van der Waals surface area contributed by atoms with Crippen LogP contribution >= 0.6 is 0 Å². The summed E-state index contributed by atoms with van der Waals surface area (Å²) in [4.78, 5) is 14.3. The zero-order valence-electron chi connectivity index (χ0n) is 24.0. The number of piperidine rings is 1. The molecule has 1 aliphatic heterocycles. The Bertz CT molecular complexity index is 1260. The number of aromatic nitrogens is 4. The first-order chi connectivity index (χ1) is 18.4. The monoisotopic (exact) mass is 518 g/mol. The summed E-state index contributed by atoms with van der Waals surface area (Å²) in [6.07, 6.45) is 11.9. The van der Waals surface area contributed by atoms with E-state index >= 15 is 4.39 Å². The number of rotatable bonds is 10. The Balaban J connectivity index is 1.66. The van der Waals surface area contributed by atoms with E-state index in [4.69, 9.17) is 10.1 Å². The van der Waals surface area contributed by atoms with Crippen molar-refractivity contribution < 1.29 is 4.39 Å². The predicted molar refractivity (Wildman–Crippen MR) is 155 cm³/mol. The van der Waals surface area contributed by atoms with Crippen LogP contribution in [-0.2, 0) is 6.42 Å². The van der Waals surface area contributed by atoms with Crippen molar-refractivity contribution in [1.29, 1.82) is 0 Å². The number of hydrogen-bond donors (Lipinski definition) is 0. The molecule has 0 aliphatic carbocycles. The number of aryl methyl sites for hydroxylation is 2. The fraction of sp³-hybridized carbons (Fsp3) is 0.516. The molecule has 0 bridgehead atoms. The van der Waals surface area contributed by atoms with Crippen molar-refractivity contribution in [3.05, 3.63) is 65.1 Å². The Morgan fingerprint density at radius 3 is 2.53 bits per heavy atom. The fourth-order valence-corrected chi connectivity index (χ4v) is 5.59. The highest BCUT2D eigenvalue weighted by Gasteiger charge is 2.22. The smallest absolute Gasteiger partial charge is 0.147 e. The van der Waals surface area contributed by atoms with Crippen LogP contribution in [0.4, 0.5) is 10.1 Å². The van der Waals surface area contributed by atoms with Gasteiger partial charge in [0.25, 0.3) is 0 Å². The topological polar surface area (TPSA) is 50.1 Å². The average molecular weight is 519 g/mol. The van der Waals surface area contributed by atoms with Gasteiger partial charge in [-0.15, -0.1) is 0 Å². The largest absolute Gasteiger partial charge is 0.369 e. The molecular weight excluding hydrogens is 475 g/mol. The lowest BCUT2D eigenvalue weighted by Crippen LogP contribution is -2.34. The van der Waals surface area contributed by atoms with E-state index in [1.807, 2.05) is 20.0 Å². The van der Waals surface area contributed by atoms with E-state index in [-0.39, 0.29) is 5.82 Å². The lowest BCUT2D eigenvalue weighted by molar-refractivity contribution is 0.187. The van der Waals surface area contributed by atoms with Crippen molar-refractivity contribution in [3.63, 3.8) is 0 Å². The second-order valence-corrected chi connectivity index (χ2v) is 10.2. The number of likely N-dealkylation sites (tertiary alicyclic amines) is 1. The molecule has 0 radical (unpaired) electrons. The summed E-state index contributed by atoms with van der Waals surface area (Å²) in [5, 5.41) is 4.73. The molecule has 1 saturated heterocycles. The van der Waals surface area contributed by atoms with Gasteiger partial charge in [0, 0.05) is 49.1 Å². The van der Waals surface area contributed by atoms with Gasteiger partial charge in [0.2, 0.25) is 0 Å². The summed E-state index contributed by atoms with van der Waals surface area (Å²) in [5.74, 6) is -0.194. The quantitative estimate of drug-likeness (QED) is 0.299. The standard InChI is InChI=1S/C31H43FN6/c1-7-14-37(11-5)31-23(8-2)17-24(18-28(31)32)29-20-33-22(6)30(35-29)27(9-3)25-19-34-38(21-25)26-12-15-36(10-4)16-13-26/h9,17-21,26H,7-8,10-16H2,1-6H3/b27-9-. The third kappa shape index (κ3) is 5.83. The molecule has 0 unspecified atom stereocenters. The van der Waals surface area contributed by atoms with E-state index in [2.05, 4.69) is 65.5 Å². The van der Waals surface area contributed by atoms with E-state index in [0.29, 0.717) is 17.4 Å². The van der Waals surface area contributed by atoms with Gasteiger partial charge in [-0.2, -0.15) is 5.10 Å². The van der Waals surface area contributed by atoms with Gasteiger partial charge in [-0.05, 0) is 70.7 Å². The average Bonchev–Trinajstić information content (AvgIpc) is 3.43. The van der Waals surface area contributed by atoms with Crippen LogP contribution < -0.4 is 4.90 Å². The zero-order chi connectivity index (χ0) is 27.2. The molecule has 1 aliphatic rings. The summed E-state index contributed by atoms with van der Waals surface area (Å²) in [6.45, 7) is 17.5. The molecule has 3 aromatic rings. The summed E-state index contributed by atoms with van der Waals surface area (Å²) < 4.78 is 17.6. The molecule has 4 rings (SSSR count). The molecule has 0 N–H and O–H groups in total. The minimum Gasteiger partial charge on any atom is -0.369 e. The molecule has 0 amide bonds. The Morgan fingerprint density at radius 2 is 1.89 bits per heavy atom. The lowest BCUT2D eigenvalue weighted by atomic mass is 10.0. The molecule has 2 aromatic heterocycles. The summed E-state index contributed by atoms with van der Waals surface area (Å²) in [6, 6.07) is 4.12. The van der Waals surface area contributed by atoms with Crippen LogP contribution in [0.15, 0.2) is 36.8 Å². The highest BCUT2D eigenvalue weighted by atomic mass is 19.1. The van der Waals surface area contributed by atoms with Crippen LogP contribution in [0.25, 0.3) is 16.8 Å². The van der Waals surface area contributed by atoms with Crippen LogP contribution in [0.1, 0.15) is 82.4 Å². The molecule has 7 heteroatoms. The van der Waals surface area contributed by atoms with Crippen LogP contribution in [0, 0.1) is 12.7 Å². The van der Waals surface area contributed by atoms with Crippen molar-refractivity contribution in [2.24, 2.45) is 0 Å². The maximum Gasteiger partial charge on any atom is 0.147 e. The van der Waals surface area contributed by atoms with Crippen LogP contribution in [0.5, 0.6) is 0 Å². The SMILES string of the molecule is C/C=C(/c1cnn(C2CCN(CC)CC2)c1)c1nc(-c2cc(F)c(N(CC)CCC)c(CC)c2)cnc1C. The van der Waals surface area contributed by atoms with E-state index in [1.165, 1.54) is 0 Å². The normalized spacial score (nSPS) is 15.3. The predicted octanol–water partition coefficient (Wildman–Crippen LogP) is 6.69. The van der Waals surface area contributed by atoms with Crippen LogP contribution in [0.3, 0.4) is 0 Å². The molecule has 3 heterocycles. The van der Waals surface area contributed by atoms with E-state index in [9.17, 15) is 0 Å². The number of nitrogens with zero attached hydrogens (tertiary/aromatic N) is 6. The number of halogens is 1. The van der Waals surface area contributed by atoms with Crippen molar-refractivity contribution >= 4 is 11.3 Å². The molecule has 38 heavy (non-hydrogen) atoms. The van der Waals surface area contributed by atoms with Gasteiger partial charge in [0.05, 0.1) is 41.2 Å².